The van der Waals surface area contributed by atoms with Crippen molar-refractivity contribution in [2.45, 2.75) is 39.5 Å². The molecule has 0 radical (unpaired) electrons. The van der Waals surface area contributed by atoms with Crippen LogP contribution in [0, 0.1) is 5.41 Å². The van der Waals surface area contributed by atoms with E-state index in [9.17, 15) is 14.7 Å². The summed E-state index contributed by atoms with van der Waals surface area (Å²) in [6.45, 7) is 4.01. The summed E-state index contributed by atoms with van der Waals surface area (Å²) in [7, 11) is 1.29. The smallest absolute Gasteiger partial charge is 0.305 e. The number of nitrogens with zero attached hydrogens (tertiary/aromatic N) is 1. The van der Waals surface area contributed by atoms with Crippen LogP contribution in [0.4, 0.5) is 5.69 Å². The number of Topliss-reactive ketones (excluding diaryl/α,β-unsaturated/α-hetero) is 1. The van der Waals surface area contributed by atoms with E-state index in [1.54, 1.807) is 0 Å². The third kappa shape index (κ3) is 5.26. The van der Waals surface area contributed by atoms with Crippen LogP contribution in [-0.2, 0) is 14.3 Å². The second kappa shape index (κ2) is 7.95. The van der Waals surface area contributed by atoms with Crippen molar-refractivity contribution in [3.05, 3.63) is 40.1 Å². The highest BCUT2D eigenvalue weighted by Gasteiger charge is 2.36. The highest BCUT2D eigenvalue weighted by molar-refractivity contribution is 9.10. The molecule has 1 aliphatic carbocycles. The lowest BCUT2D eigenvalue weighted by Crippen LogP contribution is -2.32. The predicted octanol–water partition coefficient (Wildman–Crippen LogP) is 4.68. The van der Waals surface area contributed by atoms with Crippen molar-refractivity contribution in [1.82, 2.24) is 0 Å². The van der Waals surface area contributed by atoms with Gasteiger partial charge in [-0.2, -0.15) is 0 Å². The van der Waals surface area contributed by atoms with E-state index in [4.69, 9.17) is 0 Å². The number of ketones is 1. The van der Waals surface area contributed by atoms with Crippen molar-refractivity contribution in [3.63, 3.8) is 0 Å². The standard InChI is InChI=1S/C19H22BrNO4/c1-19(2)10-14(21-13-6-4-12(20)5-7-13)18(16(23)11-19)15(22)8-9-17(24)25-3/h4-7,22H,8-11H2,1-3H3. The highest BCUT2D eigenvalue weighted by atomic mass is 79.9. The third-order valence-electron chi connectivity index (χ3n) is 4.03. The summed E-state index contributed by atoms with van der Waals surface area (Å²) < 4.78 is 5.53. The summed E-state index contributed by atoms with van der Waals surface area (Å²) in [5, 5.41) is 10.4. The molecule has 0 heterocycles. The number of aliphatic hydroxyl groups is 1. The van der Waals surface area contributed by atoms with Crippen molar-refractivity contribution >= 4 is 39.1 Å². The number of rotatable bonds is 4. The van der Waals surface area contributed by atoms with E-state index in [0.717, 1.165) is 4.47 Å². The zero-order valence-corrected chi connectivity index (χ0v) is 16.2. The number of halogens is 1. The molecule has 6 heteroatoms. The number of hydrogen-bond donors (Lipinski definition) is 1. The Labute approximate surface area is 155 Å². The van der Waals surface area contributed by atoms with Gasteiger partial charge in [-0.05, 0) is 36.1 Å². The van der Waals surface area contributed by atoms with E-state index in [1.165, 1.54) is 7.11 Å². The molecular formula is C19H22BrNO4. The molecule has 1 aliphatic rings. The van der Waals surface area contributed by atoms with Crippen molar-refractivity contribution in [2.24, 2.45) is 10.4 Å². The molecule has 1 fully saturated rings. The van der Waals surface area contributed by atoms with Gasteiger partial charge in [0.05, 0.1) is 30.5 Å². The van der Waals surface area contributed by atoms with Gasteiger partial charge >= 0.3 is 5.97 Å². The molecule has 0 aromatic heterocycles. The van der Waals surface area contributed by atoms with E-state index in [2.05, 4.69) is 25.7 Å². The van der Waals surface area contributed by atoms with E-state index in [-0.39, 0.29) is 35.4 Å². The lowest BCUT2D eigenvalue weighted by molar-refractivity contribution is -0.140. The molecule has 25 heavy (non-hydrogen) atoms. The molecule has 1 aromatic rings. The average molecular weight is 408 g/mol. The molecule has 1 saturated carbocycles. The van der Waals surface area contributed by atoms with Gasteiger partial charge in [0, 0.05) is 17.3 Å². The van der Waals surface area contributed by atoms with Crippen LogP contribution in [0.5, 0.6) is 0 Å². The number of ether oxygens (including phenoxy) is 1. The topological polar surface area (TPSA) is 76.0 Å². The summed E-state index contributed by atoms with van der Waals surface area (Å²) >= 11 is 3.38. The van der Waals surface area contributed by atoms with Gasteiger partial charge in [0.25, 0.3) is 0 Å². The Morgan fingerprint density at radius 2 is 1.88 bits per heavy atom. The number of allylic oxidation sites excluding steroid dienone is 2. The van der Waals surface area contributed by atoms with E-state index in [0.29, 0.717) is 24.2 Å². The van der Waals surface area contributed by atoms with Crippen molar-refractivity contribution in [2.75, 3.05) is 7.11 Å². The van der Waals surface area contributed by atoms with Crippen LogP contribution in [0.3, 0.4) is 0 Å². The first-order valence-electron chi connectivity index (χ1n) is 8.07. The summed E-state index contributed by atoms with van der Waals surface area (Å²) in [5.74, 6) is -0.668. The quantitative estimate of drug-likeness (QED) is 0.446. The minimum atomic E-state index is -0.429. The second-order valence-corrected chi connectivity index (χ2v) is 7.79. The van der Waals surface area contributed by atoms with Gasteiger partial charge in [0.2, 0.25) is 0 Å². The molecule has 0 atom stereocenters. The van der Waals surface area contributed by atoms with Gasteiger partial charge in [0.1, 0.15) is 5.76 Å². The van der Waals surface area contributed by atoms with Gasteiger partial charge in [-0.25, -0.2) is 0 Å². The number of carbonyl (C=O) groups excluding carboxylic acids is 2. The van der Waals surface area contributed by atoms with Crippen molar-refractivity contribution < 1.29 is 19.4 Å². The monoisotopic (exact) mass is 407 g/mol. The Balaban J connectivity index is 2.40. The summed E-state index contributed by atoms with van der Waals surface area (Å²) in [6.07, 6.45) is 0.998. The Hall–Kier alpha value is -1.95. The Kier molecular flexibility index (Phi) is 6.16. The Bertz CT molecular complexity index is 732. The second-order valence-electron chi connectivity index (χ2n) is 6.87. The summed E-state index contributed by atoms with van der Waals surface area (Å²) in [5.41, 5.74) is 1.29. The number of benzene rings is 1. The van der Waals surface area contributed by atoms with Gasteiger partial charge in [-0.3, -0.25) is 14.6 Å². The SMILES string of the molecule is COC(=O)CCC(O)=C1C(=O)CC(C)(C)CC1=Nc1ccc(Br)cc1. The Morgan fingerprint density at radius 3 is 2.48 bits per heavy atom. The molecule has 1 aromatic carbocycles. The average Bonchev–Trinajstić information content (AvgIpc) is 2.53. The first-order chi connectivity index (χ1) is 11.7. The molecule has 0 aliphatic heterocycles. The first kappa shape index (κ1) is 19.4. The molecule has 0 bridgehead atoms. The largest absolute Gasteiger partial charge is 0.511 e. The third-order valence-corrected chi connectivity index (χ3v) is 4.55. The minimum Gasteiger partial charge on any atom is -0.511 e. The van der Waals surface area contributed by atoms with Crippen LogP contribution in [0.1, 0.15) is 39.5 Å². The van der Waals surface area contributed by atoms with Crippen LogP contribution in [-0.4, -0.2) is 29.7 Å². The fraction of sp³-hybridized carbons (Fsp3) is 0.421. The molecule has 134 valence electrons. The van der Waals surface area contributed by atoms with Gasteiger partial charge in [-0.15, -0.1) is 0 Å². The normalized spacial score (nSPS) is 20.5. The van der Waals surface area contributed by atoms with Crippen LogP contribution < -0.4 is 0 Å². The number of hydrogen-bond acceptors (Lipinski definition) is 5. The van der Waals surface area contributed by atoms with E-state index < -0.39 is 5.97 Å². The molecular weight excluding hydrogens is 386 g/mol. The lowest BCUT2D eigenvalue weighted by Gasteiger charge is -2.31. The molecule has 0 amide bonds. The zero-order chi connectivity index (χ0) is 18.6. The fourth-order valence-corrected chi connectivity index (χ4v) is 3.09. The molecule has 0 unspecified atom stereocenters. The van der Waals surface area contributed by atoms with Crippen LogP contribution in [0.15, 0.2) is 45.1 Å². The van der Waals surface area contributed by atoms with E-state index in [1.807, 2.05) is 38.1 Å². The zero-order valence-electron chi connectivity index (χ0n) is 14.6. The van der Waals surface area contributed by atoms with Crippen molar-refractivity contribution in [3.8, 4) is 0 Å². The van der Waals surface area contributed by atoms with Gasteiger partial charge in [0.15, 0.2) is 5.78 Å². The maximum absolute atomic E-state index is 12.6. The molecule has 5 nitrogen and oxygen atoms in total. The first-order valence-corrected chi connectivity index (χ1v) is 8.87. The van der Waals surface area contributed by atoms with Crippen LogP contribution in [0.2, 0.25) is 0 Å². The number of carbonyl (C=O) groups is 2. The maximum Gasteiger partial charge on any atom is 0.305 e. The number of esters is 1. The number of aliphatic hydroxyl groups excluding tert-OH is 1. The van der Waals surface area contributed by atoms with Gasteiger partial charge < -0.3 is 9.84 Å². The van der Waals surface area contributed by atoms with Crippen molar-refractivity contribution in [1.29, 1.82) is 0 Å². The number of methoxy groups -OCH3 is 1. The number of aliphatic imine (C=N–C) groups is 1. The van der Waals surface area contributed by atoms with Crippen LogP contribution >= 0.6 is 15.9 Å². The predicted molar refractivity (Wildman–Crippen MR) is 100 cm³/mol. The van der Waals surface area contributed by atoms with Gasteiger partial charge in [-0.1, -0.05) is 29.8 Å². The van der Waals surface area contributed by atoms with E-state index >= 15 is 0 Å². The molecule has 0 spiro atoms. The Morgan fingerprint density at radius 1 is 1.24 bits per heavy atom. The summed E-state index contributed by atoms with van der Waals surface area (Å²) in [4.78, 5) is 28.5. The van der Waals surface area contributed by atoms with Crippen LogP contribution in [0.25, 0.3) is 0 Å². The summed E-state index contributed by atoms with van der Waals surface area (Å²) in [6, 6.07) is 7.42. The molecule has 1 N–H and O–H groups in total. The minimum absolute atomic E-state index is 0.0219. The maximum atomic E-state index is 12.6. The molecule has 2 rings (SSSR count). The fourth-order valence-electron chi connectivity index (χ4n) is 2.83. The molecule has 0 saturated heterocycles. The highest BCUT2D eigenvalue weighted by Crippen LogP contribution is 2.37. The lowest BCUT2D eigenvalue weighted by atomic mass is 9.73.